The largest absolute Gasteiger partial charge is 0.343 e. The molecule has 1 aliphatic heterocycles. The van der Waals surface area contributed by atoms with Crippen LogP contribution in [-0.2, 0) is 16.1 Å². The number of carbonyl (C=O) groups excluding carboxylic acids is 3. The van der Waals surface area contributed by atoms with E-state index in [0.717, 1.165) is 18.5 Å². The number of nitrogens with zero attached hydrogens (tertiary/aromatic N) is 1. The second kappa shape index (κ2) is 9.08. The molecule has 0 saturated carbocycles. The molecule has 1 saturated heterocycles. The van der Waals surface area contributed by atoms with E-state index in [0.29, 0.717) is 34.3 Å². The maximum absolute atomic E-state index is 12.4. The van der Waals surface area contributed by atoms with Crippen molar-refractivity contribution in [2.75, 3.05) is 18.4 Å². The van der Waals surface area contributed by atoms with E-state index in [-0.39, 0.29) is 18.4 Å². The molecule has 6 nitrogen and oxygen atoms in total. The maximum Gasteiger partial charge on any atom is 0.251 e. The molecular formula is C20H19Cl2N3O3. The van der Waals surface area contributed by atoms with Crippen LogP contribution in [0.2, 0.25) is 10.0 Å². The van der Waals surface area contributed by atoms with Gasteiger partial charge in [0.05, 0.1) is 17.3 Å². The van der Waals surface area contributed by atoms with Gasteiger partial charge in [0, 0.05) is 30.1 Å². The molecule has 0 atom stereocenters. The number of benzene rings is 2. The van der Waals surface area contributed by atoms with Gasteiger partial charge in [-0.05, 0) is 42.3 Å². The summed E-state index contributed by atoms with van der Waals surface area (Å²) in [5.74, 6) is -0.663. The molecule has 8 heteroatoms. The number of likely N-dealkylation sites (tertiary alicyclic amines) is 1. The average Bonchev–Trinajstić information content (AvgIpc) is 3.07. The third kappa shape index (κ3) is 5.24. The summed E-state index contributed by atoms with van der Waals surface area (Å²) in [6.07, 6.45) is 1.44. The zero-order valence-corrected chi connectivity index (χ0v) is 16.5. The molecule has 0 radical (unpaired) electrons. The molecule has 0 unspecified atom stereocenters. The lowest BCUT2D eigenvalue weighted by Gasteiger charge is -2.16. The quantitative estimate of drug-likeness (QED) is 0.751. The summed E-state index contributed by atoms with van der Waals surface area (Å²) in [5.41, 5.74) is 1.68. The van der Waals surface area contributed by atoms with Crippen molar-refractivity contribution in [3.63, 3.8) is 0 Å². The molecular weight excluding hydrogens is 401 g/mol. The molecule has 3 amide bonds. The number of halogens is 2. The van der Waals surface area contributed by atoms with Crippen LogP contribution in [0.25, 0.3) is 0 Å². The van der Waals surface area contributed by atoms with E-state index in [1.165, 1.54) is 6.07 Å². The number of hydrogen-bond donors (Lipinski definition) is 2. The van der Waals surface area contributed by atoms with Crippen molar-refractivity contribution in [3.8, 4) is 0 Å². The first-order valence-corrected chi connectivity index (χ1v) is 9.58. The normalized spacial score (nSPS) is 13.5. The van der Waals surface area contributed by atoms with Crippen LogP contribution in [-0.4, -0.2) is 35.7 Å². The molecule has 1 heterocycles. The number of rotatable bonds is 6. The molecule has 2 N–H and O–H groups in total. The predicted octanol–water partition coefficient (Wildman–Crippen LogP) is 3.48. The highest BCUT2D eigenvalue weighted by Crippen LogP contribution is 2.25. The van der Waals surface area contributed by atoms with Gasteiger partial charge in [-0.15, -0.1) is 0 Å². The van der Waals surface area contributed by atoms with Crippen molar-refractivity contribution in [2.45, 2.75) is 19.4 Å². The van der Waals surface area contributed by atoms with Gasteiger partial charge < -0.3 is 15.5 Å². The van der Waals surface area contributed by atoms with Crippen LogP contribution < -0.4 is 10.6 Å². The standard InChI is InChI=1S/C20H19Cl2N3O3/c21-15-6-7-16(22)17(10-15)24-18(26)11-23-20(28)14-4-1-3-13(9-14)12-25-8-2-5-19(25)27/h1,3-4,6-7,9-10H,2,5,8,11-12H2,(H,23,28)(H,24,26). The summed E-state index contributed by atoms with van der Waals surface area (Å²) in [6.45, 7) is 1.01. The first kappa shape index (κ1) is 20.2. The van der Waals surface area contributed by atoms with E-state index >= 15 is 0 Å². The molecule has 0 aliphatic carbocycles. The van der Waals surface area contributed by atoms with Crippen LogP contribution in [0.1, 0.15) is 28.8 Å². The minimum Gasteiger partial charge on any atom is -0.343 e. The SMILES string of the molecule is O=C(CNC(=O)c1cccc(CN2CCCC2=O)c1)Nc1cc(Cl)ccc1Cl. The van der Waals surface area contributed by atoms with Crippen LogP contribution in [0.3, 0.4) is 0 Å². The van der Waals surface area contributed by atoms with Crippen molar-refractivity contribution in [1.82, 2.24) is 10.2 Å². The van der Waals surface area contributed by atoms with Gasteiger partial charge in [-0.1, -0.05) is 35.3 Å². The van der Waals surface area contributed by atoms with E-state index in [1.807, 2.05) is 6.07 Å². The van der Waals surface area contributed by atoms with Crippen LogP contribution >= 0.6 is 23.2 Å². The molecule has 0 bridgehead atoms. The minimum absolute atomic E-state index is 0.131. The molecule has 0 spiro atoms. The number of hydrogen-bond acceptors (Lipinski definition) is 3. The van der Waals surface area contributed by atoms with Crippen LogP contribution in [0.15, 0.2) is 42.5 Å². The summed E-state index contributed by atoms with van der Waals surface area (Å²) in [7, 11) is 0. The van der Waals surface area contributed by atoms with Gasteiger partial charge in [-0.3, -0.25) is 14.4 Å². The van der Waals surface area contributed by atoms with Crippen molar-refractivity contribution >= 4 is 46.6 Å². The predicted molar refractivity (Wildman–Crippen MR) is 109 cm³/mol. The first-order valence-electron chi connectivity index (χ1n) is 8.82. The Morgan fingerprint density at radius 1 is 1.11 bits per heavy atom. The molecule has 146 valence electrons. The zero-order chi connectivity index (χ0) is 20.1. The van der Waals surface area contributed by atoms with E-state index < -0.39 is 5.91 Å². The van der Waals surface area contributed by atoms with Crippen LogP contribution in [0.4, 0.5) is 5.69 Å². The van der Waals surface area contributed by atoms with E-state index in [2.05, 4.69) is 10.6 Å². The second-order valence-corrected chi connectivity index (χ2v) is 7.32. The Morgan fingerprint density at radius 3 is 2.68 bits per heavy atom. The number of nitrogens with one attached hydrogen (secondary N) is 2. The summed E-state index contributed by atoms with van der Waals surface area (Å²) in [6, 6.07) is 11.8. The molecule has 2 aromatic carbocycles. The van der Waals surface area contributed by atoms with Gasteiger partial charge in [0.15, 0.2) is 0 Å². The average molecular weight is 420 g/mol. The third-order valence-electron chi connectivity index (χ3n) is 4.35. The fourth-order valence-corrected chi connectivity index (χ4v) is 3.29. The Morgan fingerprint density at radius 2 is 1.93 bits per heavy atom. The summed E-state index contributed by atoms with van der Waals surface area (Å²) in [5, 5.41) is 5.98. The summed E-state index contributed by atoms with van der Waals surface area (Å²) in [4.78, 5) is 38.0. The fraction of sp³-hybridized carbons (Fsp3) is 0.250. The van der Waals surface area contributed by atoms with Gasteiger partial charge in [0.25, 0.3) is 5.91 Å². The Bertz CT molecular complexity index is 917. The Kier molecular flexibility index (Phi) is 6.54. The Labute approximate surface area is 172 Å². The van der Waals surface area contributed by atoms with E-state index in [1.54, 1.807) is 35.2 Å². The molecule has 28 heavy (non-hydrogen) atoms. The first-order chi connectivity index (χ1) is 13.4. The minimum atomic E-state index is -0.420. The summed E-state index contributed by atoms with van der Waals surface area (Å²) < 4.78 is 0. The number of carbonyl (C=O) groups is 3. The van der Waals surface area contributed by atoms with Gasteiger partial charge >= 0.3 is 0 Å². The molecule has 1 fully saturated rings. The third-order valence-corrected chi connectivity index (χ3v) is 4.91. The zero-order valence-electron chi connectivity index (χ0n) is 15.0. The summed E-state index contributed by atoms with van der Waals surface area (Å²) >= 11 is 11.9. The van der Waals surface area contributed by atoms with Crippen molar-refractivity contribution in [1.29, 1.82) is 0 Å². The smallest absolute Gasteiger partial charge is 0.251 e. The van der Waals surface area contributed by atoms with E-state index in [4.69, 9.17) is 23.2 Å². The van der Waals surface area contributed by atoms with Crippen LogP contribution in [0.5, 0.6) is 0 Å². The molecule has 0 aromatic heterocycles. The van der Waals surface area contributed by atoms with Gasteiger partial charge in [0.1, 0.15) is 0 Å². The highest BCUT2D eigenvalue weighted by molar-refractivity contribution is 6.35. The fourth-order valence-electron chi connectivity index (χ4n) is 2.95. The van der Waals surface area contributed by atoms with E-state index in [9.17, 15) is 14.4 Å². The monoisotopic (exact) mass is 419 g/mol. The van der Waals surface area contributed by atoms with Gasteiger partial charge in [0.2, 0.25) is 11.8 Å². The topological polar surface area (TPSA) is 78.5 Å². The molecule has 2 aromatic rings. The van der Waals surface area contributed by atoms with Crippen LogP contribution in [0, 0.1) is 0 Å². The lowest BCUT2D eigenvalue weighted by Crippen LogP contribution is -2.33. The number of anilines is 1. The molecule has 1 aliphatic rings. The van der Waals surface area contributed by atoms with Crippen molar-refractivity contribution < 1.29 is 14.4 Å². The van der Waals surface area contributed by atoms with Gasteiger partial charge in [-0.2, -0.15) is 0 Å². The Hall–Kier alpha value is -2.57. The second-order valence-electron chi connectivity index (χ2n) is 6.47. The lowest BCUT2D eigenvalue weighted by atomic mass is 10.1. The van der Waals surface area contributed by atoms with Crippen molar-refractivity contribution in [2.24, 2.45) is 0 Å². The van der Waals surface area contributed by atoms with Gasteiger partial charge in [-0.25, -0.2) is 0 Å². The van der Waals surface area contributed by atoms with Crippen molar-refractivity contribution in [3.05, 3.63) is 63.6 Å². The number of amides is 3. The highest BCUT2D eigenvalue weighted by atomic mass is 35.5. The highest BCUT2D eigenvalue weighted by Gasteiger charge is 2.20. The maximum atomic E-state index is 12.4. The molecule has 3 rings (SSSR count). The Balaban J connectivity index is 1.55. The lowest BCUT2D eigenvalue weighted by molar-refractivity contribution is -0.128.